The lowest BCUT2D eigenvalue weighted by molar-refractivity contribution is -0.756. The largest absolute Gasteiger partial charge is 0.511 e. The minimum atomic E-state index is -1.22. The normalized spacial score (nSPS) is 11.4. The first-order valence-corrected chi connectivity index (χ1v) is 18.0. The van der Waals surface area contributed by atoms with E-state index in [4.69, 9.17) is 35.3 Å². The Morgan fingerprint density at radius 3 is 2.42 bits per heavy atom. The van der Waals surface area contributed by atoms with Gasteiger partial charge in [0.2, 0.25) is 18.8 Å². The SMILES string of the molecule is CCCCc1nc(Cl)c(C(=O)OC(C)OC(=O)OCC)n1Cc1ccc(-c2ccccc2-c2nnn(COC(=O)OCCSCCO[N+](=O)[O-])n2)cc1. The summed E-state index contributed by atoms with van der Waals surface area (Å²) in [4.78, 5) is 56.8. The van der Waals surface area contributed by atoms with Crippen molar-refractivity contribution in [2.45, 2.75) is 59.6 Å². The van der Waals surface area contributed by atoms with Crippen molar-refractivity contribution < 1.29 is 48.0 Å². The van der Waals surface area contributed by atoms with E-state index in [1.54, 1.807) is 11.5 Å². The molecule has 0 N–H and O–H groups in total. The fourth-order valence-corrected chi connectivity index (χ4v) is 5.67. The molecular formula is C33H38ClN7O11S. The van der Waals surface area contributed by atoms with E-state index in [9.17, 15) is 24.5 Å². The topological polar surface area (TPSA) is 211 Å². The number of halogens is 1. The summed E-state index contributed by atoms with van der Waals surface area (Å²) in [5.41, 5.74) is 3.23. The molecule has 284 valence electrons. The van der Waals surface area contributed by atoms with Gasteiger partial charge < -0.3 is 33.1 Å². The number of aromatic nitrogens is 6. The van der Waals surface area contributed by atoms with Crippen LogP contribution in [0.15, 0.2) is 48.5 Å². The molecule has 2 aromatic carbocycles. The number of tetrazole rings is 1. The first-order chi connectivity index (χ1) is 25.6. The summed E-state index contributed by atoms with van der Waals surface area (Å²) in [5, 5.41) is 21.7. The zero-order valence-corrected chi connectivity index (χ0v) is 30.7. The van der Waals surface area contributed by atoms with Crippen LogP contribution in [0.3, 0.4) is 0 Å². The first kappa shape index (κ1) is 40.3. The van der Waals surface area contributed by atoms with Crippen molar-refractivity contribution in [1.29, 1.82) is 0 Å². The standard InChI is InChI=1S/C33H38ClN7O11S/c1-4-6-11-27-35-29(34)28(31(42)51-22(3)52-33(44)47-5-2)39(27)20-23-12-14-24(15-13-23)25-9-7-8-10-26(25)30-36-38-40(37-30)21-49-32(43)48-16-18-53-19-17-50-41(45)46/h7-10,12-15,22H,4-6,11,16-21H2,1-3H3. The maximum Gasteiger partial charge on any atom is 0.511 e. The molecule has 0 aliphatic rings. The molecule has 4 rings (SSSR count). The monoisotopic (exact) mass is 775 g/mol. The Bertz CT molecular complexity index is 1840. The van der Waals surface area contributed by atoms with Crippen molar-refractivity contribution >= 4 is 41.6 Å². The maximum absolute atomic E-state index is 13.2. The summed E-state index contributed by atoms with van der Waals surface area (Å²) >= 11 is 7.78. The lowest BCUT2D eigenvalue weighted by atomic mass is 9.98. The predicted octanol–water partition coefficient (Wildman–Crippen LogP) is 5.98. The van der Waals surface area contributed by atoms with Crippen molar-refractivity contribution in [1.82, 2.24) is 29.8 Å². The number of carbonyl (C=O) groups is 3. The third-order valence-corrected chi connectivity index (χ3v) is 8.32. The average molecular weight is 776 g/mol. The van der Waals surface area contributed by atoms with Crippen LogP contribution in [0.4, 0.5) is 9.59 Å². The first-order valence-electron chi connectivity index (χ1n) is 16.5. The summed E-state index contributed by atoms with van der Waals surface area (Å²) in [6.07, 6.45) is -0.813. The summed E-state index contributed by atoms with van der Waals surface area (Å²) < 4.78 is 26.8. The van der Waals surface area contributed by atoms with Gasteiger partial charge in [-0.2, -0.15) is 11.8 Å². The third kappa shape index (κ3) is 12.3. The van der Waals surface area contributed by atoms with Gasteiger partial charge in [0.1, 0.15) is 19.0 Å². The summed E-state index contributed by atoms with van der Waals surface area (Å²) in [7, 11) is 0. The summed E-state index contributed by atoms with van der Waals surface area (Å²) in [5.74, 6) is 0.884. The molecule has 2 heterocycles. The van der Waals surface area contributed by atoms with E-state index in [-0.39, 0.29) is 43.9 Å². The molecule has 4 aromatic rings. The van der Waals surface area contributed by atoms with E-state index in [0.717, 1.165) is 34.3 Å². The number of ether oxygens (including phenoxy) is 5. The summed E-state index contributed by atoms with van der Waals surface area (Å²) in [6, 6.07) is 15.1. The number of hydrogen-bond donors (Lipinski definition) is 0. The second-order valence-corrected chi connectivity index (χ2v) is 12.5. The molecule has 1 atom stereocenters. The van der Waals surface area contributed by atoms with Crippen molar-refractivity contribution in [3.05, 3.63) is 80.9 Å². The molecule has 0 radical (unpaired) electrons. The third-order valence-electron chi connectivity index (χ3n) is 7.15. The number of hydrogen-bond acceptors (Lipinski definition) is 16. The Balaban J connectivity index is 1.41. The maximum atomic E-state index is 13.2. The van der Waals surface area contributed by atoms with Crippen LogP contribution >= 0.6 is 23.4 Å². The molecule has 0 saturated carbocycles. The van der Waals surface area contributed by atoms with Crippen LogP contribution in [0.1, 0.15) is 55.5 Å². The second-order valence-electron chi connectivity index (χ2n) is 10.9. The number of esters is 1. The van der Waals surface area contributed by atoms with Crippen LogP contribution < -0.4 is 0 Å². The van der Waals surface area contributed by atoms with E-state index in [2.05, 4.69) is 25.2 Å². The minimum absolute atomic E-state index is 0.0211. The molecule has 0 fully saturated rings. The molecule has 0 bridgehead atoms. The Labute approximate surface area is 313 Å². The zero-order valence-electron chi connectivity index (χ0n) is 29.2. The molecule has 1 unspecified atom stereocenters. The highest BCUT2D eigenvalue weighted by Crippen LogP contribution is 2.30. The van der Waals surface area contributed by atoms with Crippen molar-refractivity contribution in [2.24, 2.45) is 0 Å². The highest BCUT2D eigenvalue weighted by atomic mass is 35.5. The lowest BCUT2D eigenvalue weighted by Crippen LogP contribution is -2.24. The number of benzene rings is 2. The number of nitrogens with zero attached hydrogens (tertiary/aromatic N) is 7. The zero-order chi connectivity index (χ0) is 38.2. The van der Waals surface area contributed by atoms with Crippen molar-refractivity contribution in [3.63, 3.8) is 0 Å². The number of thioether (sulfide) groups is 1. The number of carbonyl (C=O) groups excluding carboxylic acids is 3. The fraction of sp³-hybridized carbons (Fsp3) is 0.424. The van der Waals surface area contributed by atoms with E-state index in [1.165, 1.54) is 18.7 Å². The van der Waals surface area contributed by atoms with Gasteiger partial charge in [-0.05, 0) is 35.2 Å². The Kier molecular flexibility index (Phi) is 15.7. The van der Waals surface area contributed by atoms with Gasteiger partial charge in [-0.25, -0.2) is 19.4 Å². The molecule has 18 nitrogen and oxygen atoms in total. The molecule has 0 aliphatic carbocycles. The Morgan fingerprint density at radius 2 is 1.70 bits per heavy atom. The molecule has 2 aromatic heterocycles. The van der Waals surface area contributed by atoms with Gasteiger partial charge in [0.15, 0.2) is 10.8 Å². The number of imidazole rings is 1. The van der Waals surface area contributed by atoms with Gasteiger partial charge in [-0.3, -0.25) is 0 Å². The van der Waals surface area contributed by atoms with Crippen LogP contribution in [0.5, 0.6) is 0 Å². The highest BCUT2D eigenvalue weighted by Gasteiger charge is 2.26. The van der Waals surface area contributed by atoms with Crippen molar-refractivity contribution in [3.8, 4) is 22.5 Å². The predicted molar refractivity (Wildman–Crippen MR) is 189 cm³/mol. The molecule has 20 heteroatoms. The average Bonchev–Trinajstić information content (AvgIpc) is 3.73. The number of aryl methyl sites for hydroxylation is 1. The molecule has 53 heavy (non-hydrogen) atoms. The highest BCUT2D eigenvalue weighted by molar-refractivity contribution is 7.99. The molecular weight excluding hydrogens is 738 g/mol. The second kappa shape index (κ2) is 20.6. The van der Waals surface area contributed by atoms with E-state index in [0.29, 0.717) is 35.1 Å². The molecule has 0 spiro atoms. The summed E-state index contributed by atoms with van der Waals surface area (Å²) in [6.45, 7) is 5.08. The lowest BCUT2D eigenvalue weighted by Gasteiger charge is -2.16. The smallest absolute Gasteiger partial charge is 0.435 e. The number of unbranched alkanes of at least 4 members (excludes halogenated alkanes) is 1. The van der Waals surface area contributed by atoms with Gasteiger partial charge in [0, 0.05) is 37.0 Å². The van der Waals surface area contributed by atoms with Gasteiger partial charge in [-0.1, -0.05) is 73.5 Å². The van der Waals surface area contributed by atoms with E-state index >= 15 is 0 Å². The van der Waals surface area contributed by atoms with Gasteiger partial charge in [0.25, 0.3) is 5.09 Å². The van der Waals surface area contributed by atoms with Gasteiger partial charge >= 0.3 is 18.3 Å². The van der Waals surface area contributed by atoms with Gasteiger partial charge in [0.05, 0.1) is 6.61 Å². The molecule has 0 aliphatic heterocycles. The molecule has 0 amide bonds. The van der Waals surface area contributed by atoms with Crippen LogP contribution in [0, 0.1) is 10.1 Å². The fourth-order valence-electron chi connectivity index (χ4n) is 4.79. The Hall–Kier alpha value is -5.43. The van der Waals surface area contributed by atoms with Crippen LogP contribution in [-0.4, -0.2) is 90.7 Å². The quantitative estimate of drug-likeness (QED) is 0.0252. The van der Waals surface area contributed by atoms with Crippen LogP contribution in [0.25, 0.3) is 22.5 Å². The number of rotatable bonds is 20. The van der Waals surface area contributed by atoms with E-state index in [1.807, 2.05) is 55.5 Å². The van der Waals surface area contributed by atoms with Crippen LogP contribution in [0.2, 0.25) is 5.15 Å². The van der Waals surface area contributed by atoms with Crippen LogP contribution in [-0.2, 0) is 48.2 Å². The van der Waals surface area contributed by atoms with Gasteiger partial charge in [-0.15, -0.1) is 25.1 Å². The minimum Gasteiger partial charge on any atom is -0.435 e. The van der Waals surface area contributed by atoms with E-state index < -0.39 is 29.7 Å². The Morgan fingerprint density at radius 1 is 0.962 bits per heavy atom. The molecule has 0 saturated heterocycles. The van der Waals surface area contributed by atoms with Crippen molar-refractivity contribution in [2.75, 3.05) is 31.3 Å².